The van der Waals surface area contributed by atoms with Gasteiger partial charge in [-0.15, -0.1) is 0 Å². The second kappa shape index (κ2) is 31.6. The van der Waals surface area contributed by atoms with Gasteiger partial charge in [-0.25, -0.2) is 0 Å². The number of aliphatic carboxylic acids is 1. The maximum atomic E-state index is 10.2. The number of carboxylic acid groups (broad SMARTS) is 1. The normalized spacial score (nSPS) is 9.04. The second-order valence-electron chi connectivity index (χ2n) is 6.07. The third-order valence-electron chi connectivity index (χ3n) is 3.98. The van der Waals surface area contributed by atoms with E-state index >= 15 is 0 Å². The molecule has 24 heavy (non-hydrogen) atoms. The van der Waals surface area contributed by atoms with E-state index in [1.54, 1.807) is 0 Å². The van der Waals surface area contributed by atoms with Gasteiger partial charge in [-0.2, -0.15) is 0 Å². The Balaban J connectivity index is -0.000000301. The zero-order valence-electron chi connectivity index (χ0n) is 15.2. The van der Waals surface area contributed by atoms with Gasteiger partial charge >= 0.3 is 17.4 Å². The molecule has 0 radical (unpaired) electrons. The Bertz CT molecular complexity index is 220. The van der Waals surface area contributed by atoms with Crippen molar-refractivity contribution in [3.8, 4) is 0 Å². The van der Waals surface area contributed by atoms with Crippen molar-refractivity contribution in [2.24, 2.45) is 0 Å². The molecular weight excluding hydrogens is 407 g/mol. The van der Waals surface area contributed by atoms with Crippen molar-refractivity contribution in [2.45, 2.75) is 110 Å². The van der Waals surface area contributed by atoms with Crippen LogP contribution in [0.4, 0.5) is 0 Å². The number of carbonyl (C=O) groups is 1. The predicted octanol–water partition coefficient (Wildman–Crippen LogP) is -3.99. The molecular formula is C18H35Cl3CrO2. The molecule has 0 aromatic carbocycles. The van der Waals surface area contributed by atoms with E-state index in [2.05, 4.69) is 6.92 Å². The van der Waals surface area contributed by atoms with Crippen molar-refractivity contribution in [3.63, 3.8) is 0 Å². The van der Waals surface area contributed by atoms with E-state index in [1.165, 1.54) is 83.5 Å². The quantitative estimate of drug-likeness (QED) is 0.229. The predicted molar refractivity (Wildman–Crippen MR) is 84.6 cm³/mol. The van der Waals surface area contributed by atoms with Gasteiger partial charge in [0.05, 0.1) is 0 Å². The van der Waals surface area contributed by atoms with E-state index in [0.717, 1.165) is 12.8 Å². The fraction of sp³-hybridized carbons (Fsp3) is 0.944. The molecule has 6 heteroatoms. The molecule has 0 saturated carbocycles. The summed E-state index contributed by atoms with van der Waals surface area (Å²) >= 11 is 0. The zero-order valence-corrected chi connectivity index (χ0v) is 18.7. The Morgan fingerprint density at radius 3 is 1.08 bits per heavy atom. The second-order valence-corrected chi connectivity index (χ2v) is 6.07. The fourth-order valence-electron chi connectivity index (χ4n) is 2.64. The van der Waals surface area contributed by atoms with Crippen molar-refractivity contribution in [3.05, 3.63) is 0 Å². The van der Waals surface area contributed by atoms with E-state index in [9.17, 15) is 9.90 Å². The summed E-state index contributed by atoms with van der Waals surface area (Å²) in [6.45, 7) is 2.27. The summed E-state index contributed by atoms with van der Waals surface area (Å²) in [5, 5.41) is 10.2. The van der Waals surface area contributed by atoms with E-state index in [-0.39, 0.29) is 61.0 Å². The van der Waals surface area contributed by atoms with Crippen LogP contribution in [0, 0.1) is 0 Å². The molecule has 0 aliphatic rings. The summed E-state index contributed by atoms with van der Waals surface area (Å²) in [4.78, 5) is 10.2. The summed E-state index contributed by atoms with van der Waals surface area (Å²) in [7, 11) is 0. The van der Waals surface area contributed by atoms with Crippen molar-refractivity contribution in [1.29, 1.82) is 0 Å². The fourth-order valence-corrected chi connectivity index (χ4v) is 2.64. The number of hydrogen-bond acceptors (Lipinski definition) is 2. The summed E-state index contributed by atoms with van der Waals surface area (Å²) in [5.41, 5.74) is 0. The molecule has 0 aromatic heterocycles. The average molecular weight is 442 g/mol. The average Bonchev–Trinajstić information content (AvgIpc) is 2.43. The number of carboxylic acids is 1. The Morgan fingerprint density at radius 1 is 0.583 bits per heavy atom. The van der Waals surface area contributed by atoms with E-state index in [4.69, 9.17) is 0 Å². The minimum absolute atomic E-state index is 0. The van der Waals surface area contributed by atoms with Gasteiger partial charge in [0.1, 0.15) is 0 Å². The number of carbonyl (C=O) groups excluding carboxylic acids is 1. The molecule has 0 bridgehead atoms. The molecule has 0 N–H and O–H groups in total. The standard InChI is InChI=1S/C18H36O2.3ClH.Cr/c1-2-3-4-5-6-7-8-9-10-11-12-13-14-15-16-17-18(19)20;;;;/h2-17H2,1H3,(H,19,20);3*1H;/q;;;;+4/p-4. The van der Waals surface area contributed by atoms with Gasteiger partial charge in [-0.3, -0.25) is 0 Å². The van der Waals surface area contributed by atoms with Crippen LogP contribution in [0.25, 0.3) is 0 Å². The van der Waals surface area contributed by atoms with Crippen LogP contribution in [-0.2, 0) is 22.2 Å². The molecule has 0 atom stereocenters. The molecule has 0 spiro atoms. The van der Waals surface area contributed by atoms with Gasteiger partial charge in [0.15, 0.2) is 0 Å². The Kier molecular flexibility index (Phi) is 47.3. The SMILES string of the molecule is CCCCCCCCCCCCCCCCCC(=O)[O-].[Cl-].[Cl-].[Cl-].[Cr+4]. The first-order valence-corrected chi connectivity index (χ1v) is 8.97. The minimum Gasteiger partial charge on any atom is -1.00 e. The van der Waals surface area contributed by atoms with E-state index < -0.39 is 5.97 Å². The molecule has 0 aliphatic heterocycles. The number of halogens is 3. The molecule has 0 saturated heterocycles. The number of unbranched alkanes of at least 4 members (excludes halogenated alkanes) is 14. The van der Waals surface area contributed by atoms with Gasteiger partial charge in [-0.05, 0) is 12.8 Å². The van der Waals surface area contributed by atoms with Gasteiger partial charge in [0, 0.05) is 5.97 Å². The minimum atomic E-state index is -0.903. The molecule has 2 nitrogen and oxygen atoms in total. The smallest absolute Gasteiger partial charge is 1.00 e. The van der Waals surface area contributed by atoms with Crippen LogP contribution in [0.1, 0.15) is 110 Å². The van der Waals surface area contributed by atoms with E-state index in [0.29, 0.717) is 0 Å². The maximum absolute atomic E-state index is 10.2. The van der Waals surface area contributed by atoms with Crippen LogP contribution in [-0.4, -0.2) is 5.97 Å². The van der Waals surface area contributed by atoms with Crippen LogP contribution in [0.3, 0.4) is 0 Å². The zero-order chi connectivity index (χ0) is 14.9. The van der Waals surface area contributed by atoms with Crippen LogP contribution in [0.15, 0.2) is 0 Å². The summed E-state index contributed by atoms with van der Waals surface area (Å²) in [6, 6.07) is 0. The third kappa shape index (κ3) is 34.3. The van der Waals surface area contributed by atoms with Crippen molar-refractivity contribution in [2.75, 3.05) is 0 Å². The van der Waals surface area contributed by atoms with Crippen molar-refractivity contribution >= 4 is 5.97 Å². The van der Waals surface area contributed by atoms with Crippen molar-refractivity contribution in [1.82, 2.24) is 0 Å². The van der Waals surface area contributed by atoms with Crippen molar-refractivity contribution < 1.29 is 64.5 Å². The maximum Gasteiger partial charge on any atom is 4.00 e. The van der Waals surface area contributed by atoms with E-state index in [1.807, 2.05) is 0 Å². The topological polar surface area (TPSA) is 40.1 Å². The molecule has 0 rings (SSSR count). The Labute approximate surface area is 179 Å². The van der Waals surface area contributed by atoms with Crippen LogP contribution < -0.4 is 42.3 Å². The molecule has 0 amide bonds. The van der Waals surface area contributed by atoms with Gasteiger partial charge in [0.25, 0.3) is 0 Å². The Hall–Kier alpha value is 0.872. The molecule has 0 aromatic rings. The molecule has 146 valence electrons. The molecule has 0 unspecified atom stereocenters. The summed E-state index contributed by atoms with van der Waals surface area (Å²) in [5.74, 6) is -0.903. The summed E-state index contributed by atoms with van der Waals surface area (Å²) in [6.07, 6.45) is 19.9. The van der Waals surface area contributed by atoms with Crippen LogP contribution in [0.2, 0.25) is 0 Å². The molecule has 0 heterocycles. The first-order chi connectivity index (χ1) is 9.77. The first-order valence-electron chi connectivity index (χ1n) is 8.97. The number of hydrogen-bond donors (Lipinski definition) is 0. The summed E-state index contributed by atoms with van der Waals surface area (Å²) < 4.78 is 0. The largest absolute Gasteiger partial charge is 4.00 e. The van der Waals surface area contributed by atoms with Gasteiger partial charge in [-0.1, -0.05) is 96.8 Å². The van der Waals surface area contributed by atoms with Crippen LogP contribution >= 0.6 is 0 Å². The first kappa shape index (κ1) is 35.9. The third-order valence-corrected chi connectivity index (χ3v) is 3.98. The Morgan fingerprint density at radius 2 is 0.833 bits per heavy atom. The monoisotopic (exact) mass is 440 g/mol. The molecule has 0 fully saturated rings. The number of rotatable bonds is 16. The van der Waals surface area contributed by atoms with Crippen LogP contribution in [0.5, 0.6) is 0 Å². The van der Waals surface area contributed by atoms with Gasteiger partial charge < -0.3 is 47.1 Å². The molecule has 0 aliphatic carbocycles. The van der Waals surface area contributed by atoms with Gasteiger partial charge in [0.2, 0.25) is 0 Å².